The molecule has 2 aromatic rings. The van der Waals surface area contributed by atoms with Gasteiger partial charge in [0.2, 0.25) is 0 Å². The Morgan fingerprint density at radius 2 is 1.75 bits per heavy atom. The van der Waals surface area contributed by atoms with Crippen molar-refractivity contribution in [1.29, 1.82) is 0 Å². The lowest BCUT2D eigenvalue weighted by Crippen LogP contribution is -2.51. The maximum atomic E-state index is 12.5. The van der Waals surface area contributed by atoms with Crippen LogP contribution in [0, 0.1) is 6.92 Å². The number of carbonyl (C=O) groups excluding carboxylic acids is 1. The summed E-state index contributed by atoms with van der Waals surface area (Å²) in [5.41, 5.74) is 3.70. The van der Waals surface area contributed by atoms with Gasteiger partial charge in [0.1, 0.15) is 5.75 Å². The fourth-order valence-electron chi connectivity index (χ4n) is 3.43. The van der Waals surface area contributed by atoms with Crippen LogP contribution in [0.3, 0.4) is 0 Å². The summed E-state index contributed by atoms with van der Waals surface area (Å²) in [5.74, 6) is 0.856. The molecular formula is C23H31N3O2. The van der Waals surface area contributed by atoms with Gasteiger partial charge in [-0.25, -0.2) is 4.79 Å². The van der Waals surface area contributed by atoms with E-state index < -0.39 is 0 Å². The molecule has 5 heteroatoms. The highest BCUT2D eigenvalue weighted by atomic mass is 16.5. The zero-order valence-corrected chi connectivity index (χ0v) is 17.1. The molecule has 0 saturated carbocycles. The summed E-state index contributed by atoms with van der Waals surface area (Å²) >= 11 is 0. The number of hydrogen-bond donors (Lipinski definition) is 1. The second-order valence-electron chi connectivity index (χ2n) is 7.72. The van der Waals surface area contributed by atoms with Gasteiger partial charge in [0.15, 0.2) is 0 Å². The topological polar surface area (TPSA) is 44.8 Å². The van der Waals surface area contributed by atoms with Crippen molar-refractivity contribution >= 4 is 6.03 Å². The van der Waals surface area contributed by atoms with Gasteiger partial charge in [-0.2, -0.15) is 0 Å². The lowest BCUT2D eigenvalue weighted by atomic mass is 10.1. The van der Waals surface area contributed by atoms with Crippen molar-refractivity contribution in [3.8, 4) is 5.75 Å². The third-order valence-corrected chi connectivity index (χ3v) is 4.89. The molecule has 0 atom stereocenters. The van der Waals surface area contributed by atoms with E-state index in [0.29, 0.717) is 6.54 Å². The number of hydrogen-bond acceptors (Lipinski definition) is 3. The highest BCUT2D eigenvalue weighted by Gasteiger charge is 2.20. The Morgan fingerprint density at radius 3 is 2.39 bits per heavy atom. The summed E-state index contributed by atoms with van der Waals surface area (Å²) < 4.78 is 5.65. The van der Waals surface area contributed by atoms with E-state index in [-0.39, 0.29) is 12.1 Å². The third-order valence-electron chi connectivity index (χ3n) is 4.89. The summed E-state index contributed by atoms with van der Waals surface area (Å²) in [6, 6.07) is 16.5. The zero-order valence-electron chi connectivity index (χ0n) is 17.1. The Hall–Kier alpha value is -2.53. The molecule has 0 aliphatic carbocycles. The molecule has 1 N–H and O–H groups in total. The maximum absolute atomic E-state index is 12.5. The normalized spacial score (nSPS) is 14.9. The SMILES string of the molecule is Cc1cccc(CN2CCN(C(=O)NCc3ccc(OC(C)C)cc3)CC2)c1. The molecular weight excluding hydrogens is 350 g/mol. The van der Waals surface area contributed by atoms with Crippen molar-refractivity contribution in [2.75, 3.05) is 26.2 Å². The minimum atomic E-state index is 0.0118. The largest absolute Gasteiger partial charge is 0.491 e. The molecule has 0 spiro atoms. The van der Waals surface area contributed by atoms with Gasteiger partial charge >= 0.3 is 6.03 Å². The first kappa shape index (κ1) is 20.2. The maximum Gasteiger partial charge on any atom is 0.317 e. The zero-order chi connectivity index (χ0) is 19.9. The number of rotatable bonds is 6. The van der Waals surface area contributed by atoms with Crippen LogP contribution in [0.4, 0.5) is 4.79 Å². The quantitative estimate of drug-likeness (QED) is 0.828. The first-order valence-electron chi connectivity index (χ1n) is 10.1. The molecule has 1 fully saturated rings. The molecule has 0 bridgehead atoms. The van der Waals surface area contributed by atoms with E-state index in [1.54, 1.807) is 0 Å². The van der Waals surface area contributed by atoms with Crippen molar-refractivity contribution in [1.82, 2.24) is 15.1 Å². The van der Waals surface area contributed by atoms with Crippen molar-refractivity contribution < 1.29 is 9.53 Å². The van der Waals surface area contributed by atoms with Crippen LogP contribution in [0.5, 0.6) is 5.75 Å². The summed E-state index contributed by atoms with van der Waals surface area (Å²) in [4.78, 5) is 16.8. The van der Waals surface area contributed by atoms with Crippen LogP contribution in [0.25, 0.3) is 0 Å². The molecule has 28 heavy (non-hydrogen) atoms. The predicted octanol–water partition coefficient (Wildman–Crippen LogP) is 3.81. The Kier molecular flexibility index (Phi) is 6.93. The highest BCUT2D eigenvalue weighted by Crippen LogP contribution is 2.14. The minimum Gasteiger partial charge on any atom is -0.491 e. The van der Waals surface area contributed by atoms with Crippen LogP contribution in [0.2, 0.25) is 0 Å². The number of carbonyl (C=O) groups is 1. The van der Waals surface area contributed by atoms with E-state index in [2.05, 4.69) is 41.4 Å². The van der Waals surface area contributed by atoms with Gasteiger partial charge in [0, 0.05) is 39.3 Å². The average molecular weight is 382 g/mol. The molecule has 0 aromatic heterocycles. The van der Waals surface area contributed by atoms with Crippen LogP contribution < -0.4 is 10.1 Å². The van der Waals surface area contributed by atoms with Crippen LogP contribution in [0.15, 0.2) is 48.5 Å². The summed E-state index contributed by atoms with van der Waals surface area (Å²) in [6.07, 6.45) is 0.162. The molecule has 2 amide bonds. The lowest BCUT2D eigenvalue weighted by Gasteiger charge is -2.34. The van der Waals surface area contributed by atoms with Crippen LogP contribution >= 0.6 is 0 Å². The molecule has 150 valence electrons. The Labute approximate surface area is 168 Å². The summed E-state index contributed by atoms with van der Waals surface area (Å²) in [6.45, 7) is 11.0. The predicted molar refractivity (Wildman–Crippen MR) is 112 cm³/mol. The molecule has 3 rings (SSSR count). The van der Waals surface area contributed by atoms with E-state index in [9.17, 15) is 4.79 Å². The van der Waals surface area contributed by atoms with Gasteiger partial charge in [-0.1, -0.05) is 42.0 Å². The first-order chi connectivity index (χ1) is 13.5. The van der Waals surface area contributed by atoms with Gasteiger partial charge in [0.25, 0.3) is 0 Å². The Bertz CT molecular complexity index is 766. The Balaban J connectivity index is 1.41. The van der Waals surface area contributed by atoms with Crippen molar-refractivity contribution in [2.45, 2.75) is 40.0 Å². The number of ether oxygens (including phenoxy) is 1. The van der Waals surface area contributed by atoms with E-state index in [1.165, 1.54) is 11.1 Å². The van der Waals surface area contributed by atoms with E-state index >= 15 is 0 Å². The number of nitrogens with zero attached hydrogens (tertiary/aromatic N) is 2. The first-order valence-corrected chi connectivity index (χ1v) is 10.1. The van der Waals surface area contributed by atoms with Gasteiger partial charge in [-0.15, -0.1) is 0 Å². The van der Waals surface area contributed by atoms with Crippen molar-refractivity contribution in [2.24, 2.45) is 0 Å². The number of benzene rings is 2. The summed E-state index contributed by atoms with van der Waals surface area (Å²) in [7, 11) is 0. The molecule has 5 nitrogen and oxygen atoms in total. The standard InChI is InChI=1S/C23H31N3O2/c1-18(2)28-22-9-7-20(8-10-22)16-24-23(27)26-13-11-25(12-14-26)17-21-6-4-5-19(3)15-21/h4-10,15,18H,11-14,16-17H2,1-3H3,(H,24,27). The van der Waals surface area contributed by atoms with Gasteiger partial charge < -0.3 is 15.0 Å². The molecule has 1 aliphatic rings. The number of piperazine rings is 1. The number of nitrogens with one attached hydrogen (secondary N) is 1. The van der Waals surface area contributed by atoms with Crippen molar-refractivity contribution in [3.63, 3.8) is 0 Å². The molecule has 1 saturated heterocycles. The molecule has 0 radical (unpaired) electrons. The van der Waals surface area contributed by atoms with Gasteiger partial charge in [-0.05, 0) is 44.0 Å². The monoisotopic (exact) mass is 381 g/mol. The molecule has 1 heterocycles. The molecule has 0 unspecified atom stereocenters. The fraction of sp³-hybridized carbons (Fsp3) is 0.435. The van der Waals surface area contributed by atoms with Crippen molar-refractivity contribution in [3.05, 3.63) is 65.2 Å². The van der Waals surface area contributed by atoms with E-state index in [1.807, 2.05) is 43.0 Å². The second-order valence-corrected chi connectivity index (χ2v) is 7.72. The van der Waals surface area contributed by atoms with Crippen LogP contribution in [-0.4, -0.2) is 48.1 Å². The van der Waals surface area contributed by atoms with Gasteiger partial charge in [-0.3, -0.25) is 4.90 Å². The molecule has 2 aromatic carbocycles. The molecule has 1 aliphatic heterocycles. The smallest absolute Gasteiger partial charge is 0.317 e. The van der Waals surface area contributed by atoms with E-state index in [4.69, 9.17) is 4.74 Å². The number of amides is 2. The fourth-order valence-corrected chi connectivity index (χ4v) is 3.43. The Morgan fingerprint density at radius 1 is 1.04 bits per heavy atom. The number of aryl methyl sites for hydroxylation is 1. The average Bonchev–Trinajstić information content (AvgIpc) is 2.67. The summed E-state index contributed by atoms with van der Waals surface area (Å²) in [5, 5.41) is 3.03. The third kappa shape index (κ3) is 5.99. The highest BCUT2D eigenvalue weighted by molar-refractivity contribution is 5.74. The van der Waals surface area contributed by atoms with E-state index in [0.717, 1.165) is 44.0 Å². The minimum absolute atomic E-state index is 0.0118. The van der Waals surface area contributed by atoms with Crippen LogP contribution in [-0.2, 0) is 13.1 Å². The lowest BCUT2D eigenvalue weighted by molar-refractivity contribution is 0.135. The number of urea groups is 1. The van der Waals surface area contributed by atoms with Crippen LogP contribution in [0.1, 0.15) is 30.5 Å². The van der Waals surface area contributed by atoms with Gasteiger partial charge in [0.05, 0.1) is 6.10 Å². The second kappa shape index (κ2) is 9.60.